The number of ether oxygens (including phenoxy) is 1. The smallest absolute Gasteiger partial charge is 0.335 e. The first-order valence-electron chi connectivity index (χ1n) is 5.05. The minimum absolute atomic E-state index is 0.0398. The topological polar surface area (TPSA) is 72.3 Å². The van der Waals surface area contributed by atoms with Crippen molar-refractivity contribution in [3.63, 3.8) is 0 Å². The number of carboxylic acids is 1. The summed E-state index contributed by atoms with van der Waals surface area (Å²) in [7, 11) is 0. The maximum Gasteiger partial charge on any atom is 0.335 e. The molecule has 0 unspecified atom stereocenters. The SMILES string of the molecule is Cc1ccc(C(=O)O)cc1Oc1ncc(F)cn1. The molecule has 0 amide bonds. The summed E-state index contributed by atoms with van der Waals surface area (Å²) in [6.07, 6.45) is 1.94. The molecule has 0 radical (unpaired) electrons. The van der Waals surface area contributed by atoms with Gasteiger partial charge in [0.1, 0.15) is 5.75 Å². The summed E-state index contributed by atoms with van der Waals surface area (Å²) in [5, 5.41) is 8.87. The molecule has 1 heterocycles. The third-order valence-electron chi connectivity index (χ3n) is 2.23. The standard InChI is InChI=1S/C12H9FN2O3/c1-7-2-3-8(11(16)17)4-10(7)18-12-14-5-9(13)6-15-12/h2-6H,1H3,(H,16,17). The number of benzene rings is 1. The lowest BCUT2D eigenvalue weighted by Crippen LogP contribution is -1.99. The molecular formula is C12H9FN2O3. The zero-order chi connectivity index (χ0) is 13.1. The Hall–Kier alpha value is -2.50. The van der Waals surface area contributed by atoms with Crippen LogP contribution < -0.4 is 4.74 Å². The molecule has 2 rings (SSSR count). The van der Waals surface area contributed by atoms with Gasteiger partial charge in [-0.3, -0.25) is 0 Å². The Morgan fingerprint density at radius 1 is 1.33 bits per heavy atom. The van der Waals surface area contributed by atoms with Gasteiger partial charge >= 0.3 is 12.0 Å². The van der Waals surface area contributed by atoms with Crippen LogP contribution in [0.15, 0.2) is 30.6 Å². The van der Waals surface area contributed by atoms with Gasteiger partial charge < -0.3 is 9.84 Å². The van der Waals surface area contributed by atoms with Crippen molar-refractivity contribution in [2.75, 3.05) is 0 Å². The number of aromatic nitrogens is 2. The minimum Gasteiger partial charge on any atom is -0.478 e. The van der Waals surface area contributed by atoms with Crippen LogP contribution in [-0.2, 0) is 0 Å². The Kier molecular flexibility index (Phi) is 3.18. The highest BCUT2D eigenvalue weighted by molar-refractivity contribution is 5.88. The summed E-state index contributed by atoms with van der Waals surface area (Å²) in [5.41, 5.74) is 0.825. The van der Waals surface area contributed by atoms with Gasteiger partial charge in [-0.1, -0.05) is 6.07 Å². The number of nitrogens with zero attached hydrogens (tertiary/aromatic N) is 2. The lowest BCUT2D eigenvalue weighted by Gasteiger charge is -2.07. The molecule has 1 N–H and O–H groups in total. The van der Waals surface area contributed by atoms with E-state index in [1.807, 2.05) is 0 Å². The average Bonchev–Trinajstić information content (AvgIpc) is 2.34. The molecule has 5 nitrogen and oxygen atoms in total. The molecule has 0 spiro atoms. The van der Waals surface area contributed by atoms with Crippen LogP contribution in [-0.4, -0.2) is 21.0 Å². The van der Waals surface area contributed by atoms with Crippen LogP contribution in [0.4, 0.5) is 4.39 Å². The first-order chi connectivity index (χ1) is 8.56. The van der Waals surface area contributed by atoms with Crippen LogP contribution in [0.5, 0.6) is 11.8 Å². The van der Waals surface area contributed by atoms with E-state index in [-0.39, 0.29) is 11.6 Å². The van der Waals surface area contributed by atoms with E-state index < -0.39 is 11.8 Å². The van der Waals surface area contributed by atoms with Gasteiger partial charge in [-0.2, -0.15) is 0 Å². The lowest BCUT2D eigenvalue weighted by atomic mass is 10.1. The van der Waals surface area contributed by atoms with E-state index in [0.29, 0.717) is 5.75 Å². The molecule has 0 saturated heterocycles. The van der Waals surface area contributed by atoms with Crippen molar-refractivity contribution in [2.24, 2.45) is 0 Å². The van der Waals surface area contributed by atoms with Gasteiger partial charge in [0, 0.05) is 0 Å². The number of hydrogen-bond donors (Lipinski definition) is 1. The van der Waals surface area contributed by atoms with E-state index in [4.69, 9.17) is 9.84 Å². The number of aromatic carboxylic acids is 1. The van der Waals surface area contributed by atoms with Gasteiger partial charge in [-0.25, -0.2) is 19.2 Å². The van der Waals surface area contributed by atoms with E-state index in [9.17, 15) is 9.18 Å². The van der Waals surface area contributed by atoms with E-state index >= 15 is 0 Å². The van der Waals surface area contributed by atoms with Crippen molar-refractivity contribution in [1.82, 2.24) is 9.97 Å². The molecule has 0 aliphatic carbocycles. The zero-order valence-corrected chi connectivity index (χ0v) is 9.42. The van der Waals surface area contributed by atoms with Crippen molar-refractivity contribution < 1.29 is 19.0 Å². The Labute approximate surface area is 102 Å². The second-order valence-electron chi connectivity index (χ2n) is 3.57. The molecule has 6 heteroatoms. The van der Waals surface area contributed by atoms with Gasteiger partial charge in [-0.15, -0.1) is 0 Å². The fourth-order valence-electron chi connectivity index (χ4n) is 1.29. The molecule has 0 bridgehead atoms. The van der Waals surface area contributed by atoms with Crippen molar-refractivity contribution in [3.05, 3.63) is 47.5 Å². The van der Waals surface area contributed by atoms with Crippen LogP contribution in [0.2, 0.25) is 0 Å². The van der Waals surface area contributed by atoms with Crippen molar-refractivity contribution in [3.8, 4) is 11.8 Å². The Balaban J connectivity index is 2.30. The summed E-state index contributed by atoms with van der Waals surface area (Å²) >= 11 is 0. The zero-order valence-electron chi connectivity index (χ0n) is 9.42. The van der Waals surface area contributed by atoms with Gasteiger partial charge in [0.15, 0.2) is 5.82 Å². The largest absolute Gasteiger partial charge is 0.478 e. The monoisotopic (exact) mass is 248 g/mol. The maximum absolute atomic E-state index is 12.6. The summed E-state index contributed by atoms with van der Waals surface area (Å²) in [4.78, 5) is 18.1. The molecule has 1 aromatic heterocycles. The van der Waals surface area contributed by atoms with Crippen LogP contribution in [0, 0.1) is 12.7 Å². The number of aryl methyl sites for hydroxylation is 1. The summed E-state index contributed by atoms with van der Waals surface area (Å²) in [5.74, 6) is -1.31. The third-order valence-corrected chi connectivity index (χ3v) is 2.23. The first-order valence-corrected chi connectivity index (χ1v) is 5.05. The Morgan fingerprint density at radius 3 is 2.61 bits per heavy atom. The molecule has 0 aliphatic heterocycles. The van der Waals surface area contributed by atoms with Gasteiger partial charge in [-0.05, 0) is 24.6 Å². The highest BCUT2D eigenvalue weighted by Crippen LogP contribution is 2.23. The van der Waals surface area contributed by atoms with Gasteiger partial charge in [0.25, 0.3) is 0 Å². The van der Waals surface area contributed by atoms with E-state index in [1.54, 1.807) is 13.0 Å². The normalized spacial score (nSPS) is 10.1. The number of rotatable bonds is 3. The van der Waals surface area contributed by atoms with Crippen LogP contribution >= 0.6 is 0 Å². The molecule has 1 aromatic carbocycles. The molecule has 2 aromatic rings. The first kappa shape index (κ1) is 12.0. The summed E-state index contributed by atoms with van der Waals surface area (Å²) in [6, 6.07) is 4.41. The average molecular weight is 248 g/mol. The molecule has 0 saturated carbocycles. The van der Waals surface area contributed by atoms with Gasteiger partial charge in [0.2, 0.25) is 0 Å². The molecule has 0 fully saturated rings. The van der Waals surface area contributed by atoms with E-state index in [2.05, 4.69) is 9.97 Å². The molecule has 92 valence electrons. The number of carboxylic acid groups (broad SMARTS) is 1. The van der Waals surface area contributed by atoms with Crippen LogP contribution in [0.1, 0.15) is 15.9 Å². The quantitative estimate of drug-likeness (QED) is 0.902. The molecule has 18 heavy (non-hydrogen) atoms. The highest BCUT2D eigenvalue weighted by Gasteiger charge is 2.09. The number of hydrogen-bond acceptors (Lipinski definition) is 4. The second kappa shape index (κ2) is 4.79. The van der Waals surface area contributed by atoms with E-state index in [0.717, 1.165) is 18.0 Å². The summed E-state index contributed by atoms with van der Waals surface area (Å²) in [6.45, 7) is 1.75. The van der Waals surface area contributed by atoms with Crippen molar-refractivity contribution in [2.45, 2.75) is 6.92 Å². The fourth-order valence-corrected chi connectivity index (χ4v) is 1.29. The molecular weight excluding hydrogens is 239 g/mol. The molecule has 0 aliphatic rings. The van der Waals surface area contributed by atoms with Gasteiger partial charge in [0.05, 0.1) is 18.0 Å². The predicted molar refractivity (Wildman–Crippen MR) is 60.2 cm³/mol. The Morgan fingerprint density at radius 2 is 2.00 bits per heavy atom. The minimum atomic E-state index is -1.06. The predicted octanol–water partition coefficient (Wildman–Crippen LogP) is 2.41. The molecule has 0 atom stereocenters. The van der Waals surface area contributed by atoms with E-state index in [1.165, 1.54) is 12.1 Å². The fraction of sp³-hybridized carbons (Fsp3) is 0.0833. The number of halogens is 1. The summed E-state index contributed by atoms with van der Waals surface area (Å²) < 4.78 is 17.9. The third kappa shape index (κ3) is 2.60. The number of carbonyl (C=O) groups is 1. The van der Waals surface area contributed by atoms with Crippen LogP contribution in [0.25, 0.3) is 0 Å². The van der Waals surface area contributed by atoms with Crippen LogP contribution in [0.3, 0.4) is 0 Å². The van der Waals surface area contributed by atoms with Crippen molar-refractivity contribution >= 4 is 5.97 Å². The maximum atomic E-state index is 12.6. The lowest BCUT2D eigenvalue weighted by molar-refractivity contribution is 0.0696. The Bertz CT molecular complexity index is 584. The van der Waals surface area contributed by atoms with Crippen molar-refractivity contribution in [1.29, 1.82) is 0 Å². The second-order valence-corrected chi connectivity index (χ2v) is 3.57. The highest BCUT2D eigenvalue weighted by atomic mass is 19.1.